The van der Waals surface area contributed by atoms with E-state index in [1.807, 2.05) is 24.3 Å². The lowest BCUT2D eigenvalue weighted by molar-refractivity contribution is 1.28. The first-order valence-corrected chi connectivity index (χ1v) is 3.34. The van der Waals surface area contributed by atoms with Crippen LogP contribution >= 0.6 is 0 Å². The highest BCUT2D eigenvalue weighted by Gasteiger charge is 1.82. The maximum atomic E-state index is 6.50. The molecule has 0 radical (unpaired) electrons. The summed E-state index contributed by atoms with van der Waals surface area (Å²) in [4.78, 5) is 0. The van der Waals surface area contributed by atoms with Crippen LogP contribution < -0.4 is 0 Å². The molecule has 1 aromatic rings. The molecule has 11 heavy (non-hydrogen) atoms. The summed E-state index contributed by atoms with van der Waals surface area (Å²) >= 11 is 0. The van der Waals surface area contributed by atoms with E-state index in [-0.39, 0.29) is 0 Å². The maximum Gasteiger partial charge on any atom is 0.0462 e. The fourth-order valence-electron chi connectivity index (χ4n) is 0.781. The first kappa shape index (κ1) is 9.45. The number of nitrogens with zero attached hydrogens (tertiary/aromatic N) is 1. The van der Waals surface area contributed by atoms with Crippen LogP contribution in [0.25, 0.3) is 0 Å². The Morgan fingerprint density at radius 3 is 2.27 bits per heavy atom. The topological polar surface area (TPSA) is 23.8 Å². The van der Waals surface area contributed by atoms with Gasteiger partial charge in [0.05, 0.1) is 0 Å². The van der Waals surface area contributed by atoms with Gasteiger partial charge in [0.25, 0.3) is 0 Å². The molecule has 0 atom stereocenters. The van der Waals surface area contributed by atoms with Crippen molar-refractivity contribution in [2.45, 2.75) is 6.42 Å². The van der Waals surface area contributed by atoms with Gasteiger partial charge in [-0.25, -0.2) is 5.26 Å². The zero-order chi connectivity index (χ0) is 8.53. The van der Waals surface area contributed by atoms with Gasteiger partial charge >= 0.3 is 0 Å². The van der Waals surface area contributed by atoms with E-state index < -0.39 is 0 Å². The number of hydrogen-bond acceptors (Lipinski definition) is 1. The predicted molar refractivity (Wildman–Crippen MR) is 47.0 cm³/mol. The van der Waals surface area contributed by atoms with E-state index in [2.05, 4.69) is 25.3 Å². The molecule has 0 unspecified atom stereocenters. The van der Waals surface area contributed by atoms with Crippen molar-refractivity contribution >= 4 is 0 Å². The molecule has 1 heteroatoms. The van der Waals surface area contributed by atoms with Crippen LogP contribution in [0.5, 0.6) is 0 Å². The molecule has 0 fully saturated rings. The van der Waals surface area contributed by atoms with Gasteiger partial charge in [-0.2, -0.15) is 0 Å². The highest BCUT2D eigenvalue weighted by molar-refractivity contribution is 5.16. The SMILES string of the molecule is C#N.C=CCc1ccccc1. The first-order chi connectivity index (χ1) is 5.43. The molecular formula is C10H11N. The Bertz CT molecular complexity index is 211. The molecular weight excluding hydrogens is 134 g/mol. The summed E-state index contributed by atoms with van der Waals surface area (Å²) in [5.74, 6) is 0. The standard InChI is InChI=1S/C9H10.CHN/c1-2-6-9-7-4-3-5-8-9;1-2/h2-5,7-8H,1,6H2;1H. The summed E-state index contributed by atoms with van der Waals surface area (Å²) in [7, 11) is 0. The van der Waals surface area contributed by atoms with E-state index in [1.165, 1.54) is 5.56 Å². The van der Waals surface area contributed by atoms with Crippen LogP contribution in [0.4, 0.5) is 0 Å². The molecule has 0 saturated heterocycles. The van der Waals surface area contributed by atoms with Crippen molar-refractivity contribution in [3.8, 4) is 6.57 Å². The van der Waals surface area contributed by atoms with E-state index >= 15 is 0 Å². The fraction of sp³-hybridized carbons (Fsp3) is 0.100. The molecule has 1 rings (SSSR count). The van der Waals surface area contributed by atoms with Gasteiger partial charge in [0, 0.05) is 6.57 Å². The summed E-state index contributed by atoms with van der Waals surface area (Å²) in [5.41, 5.74) is 1.33. The van der Waals surface area contributed by atoms with Crippen LogP contribution in [0.3, 0.4) is 0 Å². The van der Waals surface area contributed by atoms with E-state index in [4.69, 9.17) is 5.26 Å². The van der Waals surface area contributed by atoms with Crippen LogP contribution in [0.2, 0.25) is 0 Å². The van der Waals surface area contributed by atoms with Gasteiger partial charge in [-0.1, -0.05) is 36.4 Å². The largest absolute Gasteiger partial charge is 0.202 e. The Balaban J connectivity index is 0.000000461. The highest BCUT2D eigenvalue weighted by atomic mass is 14.2. The van der Waals surface area contributed by atoms with Crippen LogP contribution in [-0.4, -0.2) is 0 Å². The Morgan fingerprint density at radius 1 is 1.27 bits per heavy atom. The third-order valence-corrected chi connectivity index (χ3v) is 1.22. The second kappa shape index (κ2) is 6.57. The van der Waals surface area contributed by atoms with Crippen LogP contribution in [0, 0.1) is 11.8 Å². The number of hydrogen-bond donors (Lipinski definition) is 0. The number of rotatable bonds is 2. The van der Waals surface area contributed by atoms with Gasteiger partial charge in [-0.15, -0.1) is 6.58 Å². The van der Waals surface area contributed by atoms with Crippen LogP contribution in [-0.2, 0) is 6.42 Å². The molecule has 1 aromatic carbocycles. The minimum absolute atomic E-state index is 0.973. The molecule has 0 saturated carbocycles. The van der Waals surface area contributed by atoms with Gasteiger partial charge in [-0.3, -0.25) is 0 Å². The number of nitriles is 1. The normalized spacial score (nSPS) is 7.45. The quantitative estimate of drug-likeness (QED) is 0.587. The molecule has 0 aromatic heterocycles. The van der Waals surface area contributed by atoms with E-state index in [9.17, 15) is 0 Å². The zero-order valence-electron chi connectivity index (χ0n) is 6.40. The lowest BCUT2D eigenvalue weighted by Gasteiger charge is -1.91. The van der Waals surface area contributed by atoms with Crippen molar-refractivity contribution in [3.63, 3.8) is 0 Å². The molecule has 0 spiro atoms. The maximum absolute atomic E-state index is 6.50. The Morgan fingerprint density at radius 2 is 1.82 bits per heavy atom. The summed E-state index contributed by atoms with van der Waals surface area (Å²) in [6, 6.07) is 10.3. The van der Waals surface area contributed by atoms with Gasteiger partial charge in [0.15, 0.2) is 0 Å². The Hall–Kier alpha value is -1.55. The number of benzene rings is 1. The van der Waals surface area contributed by atoms with Crippen LogP contribution in [0.15, 0.2) is 43.0 Å². The highest BCUT2D eigenvalue weighted by Crippen LogP contribution is 1.98. The monoisotopic (exact) mass is 145 g/mol. The minimum Gasteiger partial charge on any atom is -0.202 e. The average Bonchev–Trinajstić information content (AvgIpc) is 2.11. The third-order valence-electron chi connectivity index (χ3n) is 1.22. The van der Waals surface area contributed by atoms with E-state index in [0.717, 1.165) is 6.42 Å². The smallest absolute Gasteiger partial charge is 0.0462 e. The van der Waals surface area contributed by atoms with Gasteiger partial charge in [0.1, 0.15) is 0 Å². The molecule has 0 aliphatic heterocycles. The molecule has 0 bridgehead atoms. The second-order valence-corrected chi connectivity index (χ2v) is 1.98. The second-order valence-electron chi connectivity index (χ2n) is 1.98. The molecule has 0 amide bonds. The Labute approximate surface area is 67.6 Å². The summed E-state index contributed by atoms with van der Waals surface area (Å²) in [6.45, 7) is 7.16. The fourth-order valence-corrected chi connectivity index (χ4v) is 0.781. The summed E-state index contributed by atoms with van der Waals surface area (Å²) in [6.07, 6.45) is 2.89. The number of allylic oxidation sites excluding steroid dienone is 1. The molecule has 0 aliphatic rings. The van der Waals surface area contributed by atoms with Crippen molar-refractivity contribution in [3.05, 3.63) is 48.6 Å². The lowest BCUT2D eigenvalue weighted by Crippen LogP contribution is -1.75. The van der Waals surface area contributed by atoms with E-state index in [0.29, 0.717) is 0 Å². The van der Waals surface area contributed by atoms with Crippen molar-refractivity contribution < 1.29 is 0 Å². The van der Waals surface area contributed by atoms with Crippen molar-refractivity contribution in [1.82, 2.24) is 0 Å². The first-order valence-electron chi connectivity index (χ1n) is 3.34. The van der Waals surface area contributed by atoms with Crippen molar-refractivity contribution in [2.24, 2.45) is 0 Å². The summed E-state index contributed by atoms with van der Waals surface area (Å²) < 4.78 is 0. The minimum atomic E-state index is 0.973. The molecule has 0 heterocycles. The van der Waals surface area contributed by atoms with E-state index in [1.54, 1.807) is 0 Å². The molecule has 0 N–H and O–H groups in total. The predicted octanol–water partition coefficient (Wildman–Crippen LogP) is 2.55. The Kier molecular flexibility index (Phi) is 5.64. The summed E-state index contributed by atoms with van der Waals surface area (Å²) in [5, 5.41) is 6.50. The molecule has 0 aliphatic carbocycles. The third kappa shape index (κ3) is 3.94. The lowest BCUT2D eigenvalue weighted by atomic mass is 10.2. The molecule has 1 nitrogen and oxygen atoms in total. The van der Waals surface area contributed by atoms with Gasteiger partial charge < -0.3 is 0 Å². The van der Waals surface area contributed by atoms with Gasteiger partial charge in [-0.05, 0) is 12.0 Å². The average molecular weight is 145 g/mol. The molecule has 56 valence electrons. The zero-order valence-corrected chi connectivity index (χ0v) is 6.40. The van der Waals surface area contributed by atoms with Crippen molar-refractivity contribution in [1.29, 1.82) is 5.26 Å². The van der Waals surface area contributed by atoms with Gasteiger partial charge in [0.2, 0.25) is 0 Å². The van der Waals surface area contributed by atoms with Crippen LogP contribution in [0.1, 0.15) is 5.56 Å². The van der Waals surface area contributed by atoms with Crippen molar-refractivity contribution in [2.75, 3.05) is 0 Å².